The summed E-state index contributed by atoms with van der Waals surface area (Å²) in [6.45, 7) is 0.850. The highest BCUT2D eigenvalue weighted by atomic mass is 32.2. The number of fused-ring (bicyclic) bond motifs is 1. The first kappa shape index (κ1) is 5.11. The Bertz CT molecular complexity index is 205. The van der Waals surface area contributed by atoms with Gasteiger partial charge in [0.25, 0.3) is 0 Å². The van der Waals surface area contributed by atoms with Gasteiger partial charge in [0.1, 0.15) is 0 Å². The van der Waals surface area contributed by atoms with Crippen LogP contribution in [0, 0.1) is 6.08 Å². The SMILES string of the molecule is [C]1=CN=C2SC=CN2C1. The van der Waals surface area contributed by atoms with Crippen molar-refractivity contribution in [3.05, 3.63) is 23.9 Å². The van der Waals surface area contributed by atoms with Gasteiger partial charge in [-0.05, 0) is 11.5 Å². The lowest BCUT2D eigenvalue weighted by Crippen LogP contribution is -2.21. The van der Waals surface area contributed by atoms with E-state index in [9.17, 15) is 0 Å². The molecule has 0 saturated heterocycles. The van der Waals surface area contributed by atoms with Gasteiger partial charge < -0.3 is 4.90 Å². The van der Waals surface area contributed by atoms with Crippen LogP contribution < -0.4 is 0 Å². The Morgan fingerprint density at radius 1 is 1.78 bits per heavy atom. The number of thioether (sulfide) groups is 1. The summed E-state index contributed by atoms with van der Waals surface area (Å²) in [7, 11) is 0. The van der Waals surface area contributed by atoms with Crippen molar-refractivity contribution in [3.63, 3.8) is 0 Å². The number of nitrogens with zero attached hydrogens (tertiary/aromatic N) is 2. The third-order valence-electron chi connectivity index (χ3n) is 1.19. The lowest BCUT2D eigenvalue weighted by Gasteiger charge is -2.14. The van der Waals surface area contributed by atoms with E-state index in [0.717, 1.165) is 11.7 Å². The Balaban J connectivity index is 2.29. The van der Waals surface area contributed by atoms with Gasteiger partial charge in [-0.1, -0.05) is 11.8 Å². The predicted molar refractivity (Wildman–Crippen MR) is 38.7 cm³/mol. The van der Waals surface area contributed by atoms with Crippen molar-refractivity contribution in [2.45, 2.75) is 0 Å². The number of amidine groups is 1. The molecule has 45 valence electrons. The highest BCUT2D eigenvalue weighted by Crippen LogP contribution is 2.20. The molecule has 0 atom stereocenters. The highest BCUT2D eigenvalue weighted by molar-refractivity contribution is 8.16. The highest BCUT2D eigenvalue weighted by Gasteiger charge is 2.13. The van der Waals surface area contributed by atoms with Crippen molar-refractivity contribution in [2.75, 3.05) is 6.54 Å². The van der Waals surface area contributed by atoms with Crippen LogP contribution in [0.4, 0.5) is 0 Å². The third-order valence-corrected chi connectivity index (χ3v) is 2.00. The van der Waals surface area contributed by atoms with Crippen LogP contribution in [-0.2, 0) is 0 Å². The molecule has 0 aromatic carbocycles. The molecule has 0 spiro atoms. The fourth-order valence-corrected chi connectivity index (χ4v) is 1.47. The molecule has 2 aliphatic heterocycles. The van der Waals surface area contributed by atoms with Crippen LogP contribution >= 0.6 is 11.8 Å². The lowest BCUT2D eigenvalue weighted by molar-refractivity contribution is 0.623. The van der Waals surface area contributed by atoms with Crippen molar-refractivity contribution in [2.24, 2.45) is 4.99 Å². The summed E-state index contributed by atoms with van der Waals surface area (Å²) in [5.74, 6) is 0. The molecule has 0 amide bonds. The molecular formula is C6H5N2S. The van der Waals surface area contributed by atoms with Crippen LogP contribution in [0.25, 0.3) is 0 Å². The van der Waals surface area contributed by atoms with E-state index < -0.39 is 0 Å². The Morgan fingerprint density at radius 2 is 2.78 bits per heavy atom. The Labute approximate surface area is 58.0 Å². The van der Waals surface area contributed by atoms with E-state index >= 15 is 0 Å². The number of rotatable bonds is 0. The maximum absolute atomic E-state index is 4.10. The van der Waals surface area contributed by atoms with Crippen molar-refractivity contribution in [1.29, 1.82) is 0 Å². The van der Waals surface area contributed by atoms with Crippen LogP contribution in [0.15, 0.2) is 22.8 Å². The van der Waals surface area contributed by atoms with Gasteiger partial charge in [-0.2, -0.15) is 0 Å². The zero-order valence-electron chi connectivity index (χ0n) is 4.74. The molecule has 0 aliphatic carbocycles. The van der Waals surface area contributed by atoms with E-state index in [1.807, 2.05) is 11.6 Å². The average Bonchev–Trinajstić information content (AvgIpc) is 2.33. The summed E-state index contributed by atoms with van der Waals surface area (Å²) >= 11 is 1.65. The van der Waals surface area contributed by atoms with E-state index in [4.69, 9.17) is 0 Å². The number of hydrogen-bond donors (Lipinski definition) is 0. The van der Waals surface area contributed by atoms with Crippen LogP contribution in [0.1, 0.15) is 0 Å². The smallest absolute Gasteiger partial charge is 0.172 e. The lowest BCUT2D eigenvalue weighted by atomic mass is 10.5. The molecule has 0 bridgehead atoms. The van der Waals surface area contributed by atoms with E-state index in [1.165, 1.54) is 0 Å². The molecule has 2 nitrogen and oxygen atoms in total. The molecule has 3 heteroatoms. The molecule has 0 unspecified atom stereocenters. The van der Waals surface area contributed by atoms with E-state index in [-0.39, 0.29) is 0 Å². The second kappa shape index (κ2) is 1.92. The molecule has 0 aromatic rings. The summed E-state index contributed by atoms with van der Waals surface area (Å²) in [4.78, 5) is 6.16. The molecule has 2 aliphatic rings. The molecule has 2 heterocycles. The van der Waals surface area contributed by atoms with Crippen molar-refractivity contribution in [1.82, 2.24) is 4.90 Å². The van der Waals surface area contributed by atoms with Crippen LogP contribution in [0.3, 0.4) is 0 Å². The van der Waals surface area contributed by atoms with E-state index in [2.05, 4.69) is 16.0 Å². The quantitative estimate of drug-likeness (QED) is 0.498. The summed E-state index contributed by atoms with van der Waals surface area (Å²) in [5.41, 5.74) is 0. The Morgan fingerprint density at radius 3 is 3.67 bits per heavy atom. The summed E-state index contributed by atoms with van der Waals surface area (Å²) in [6, 6.07) is 0. The second-order valence-electron chi connectivity index (χ2n) is 1.78. The van der Waals surface area contributed by atoms with E-state index in [1.54, 1.807) is 18.0 Å². The fraction of sp³-hybridized carbons (Fsp3) is 0.167. The van der Waals surface area contributed by atoms with E-state index in [0.29, 0.717) is 0 Å². The van der Waals surface area contributed by atoms with Gasteiger partial charge in [0, 0.05) is 12.4 Å². The molecule has 2 rings (SSSR count). The van der Waals surface area contributed by atoms with Gasteiger partial charge in [0.15, 0.2) is 5.17 Å². The van der Waals surface area contributed by atoms with Crippen molar-refractivity contribution < 1.29 is 0 Å². The van der Waals surface area contributed by atoms with Crippen LogP contribution in [0.2, 0.25) is 0 Å². The first-order valence-electron chi connectivity index (χ1n) is 2.70. The second-order valence-corrected chi connectivity index (χ2v) is 2.65. The summed E-state index contributed by atoms with van der Waals surface area (Å²) < 4.78 is 0. The fourth-order valence-electron chi connectivity index (χ4n) is 0.761. The molecule has 9 heavy (non-hydrogen) atoms. The predicted octanol–water partition coefficient (Wildman–Crippen LogP) is 1.19. The molecule has 0 N–H and O–H groups in total. The first-order valence-corrected chi connectivity index (χ1v) is 3.57. The molecule has 0 aromatic heterocycles. The average molecular weight is 137 g/mol. The Kier molecular flexibility index (Phi) is 1.09. The molecule has 0 saturated carbocycles. The molecular weight excluding hydrogens is 132 g/mol. The zero-order valence-corrected chi connectivity index (χ0v) is 5.56. The van der Waals surface area contributed by atoms with Gasteiger partial charge in [-0.25, -0.2) is 4.99 Å². The maximum atomic E-state index is 4.10. The van der Waals surface area contributed by atoms with Crippen LogP contribution in [0.5, 0.6) is 0 Å². The minimum absolute atomic E-state index is 0.850. The Hall–Kier alpha value is -0.700. The maximum Gasteiger partial charge on any atom is 0.172 e. The van der Waals surface area contributed by atoms with Gasteiger partial charge in [0.2, 0.25) is 0 Å². The standard InChI is InChI=1S/C6H5N2S/c1-2-7-6-8(3-1)4-5-9-6/h2,4-5H,3H2. The van der Waals surface area contributed by atoms with Gasteiger partial charge >= 0.3 is 0 Å². The minimum Gasteiger partial charge on any atom is -0.322 e. The van der Waals surface area contributed by atoms with Crippen molar-refractivity contribution >= 4 is 16.9 Å². The largest absolute Gasteiger partial charge is 0.322 e. The first-order chi connectivity index (χ1) is 4.47. The molecule has 1 radical (unpaired) electrons. The third kappa shape index (κ3) is 0.772. The van der Waals surface area contributed by atoms with Crippen molar-refractivity contribution in [3.8, 4) is 0 Å². The van der Waals surface area contributed by atoms with Gasteiger partial charge in [-0.3, -0.25) is 0 Å². The number of hydrogen-bond acceptors (Lipinski definition) is 3. The zero-order chi connectivity index (χ0) is 6.10. The number of aliphatic imine (C=N–C) groups is 1. The minimum atomic E-state index is 0.850. The normalized spacial score (nSPS) is 22.2. The topological polar surface area (TPSA) is 15.6 Å². The summed E-state index contributed by atoms with van der Waals surface area (Å²) in [5, 5.41) is 3.09. The van der Waals surface area contributed by atoms with Crippen LogP contribution in [-0.4, -0.2) is 16.6 Å². The van der Waals surface area contributed by atoms with Gasteiger partial charge in [-0.15, -0.1) is 0 Å². The van der Waals surface area contributed by atoms with Gasteiger partial charge in [0.05, 0.1) is 6.54 Å². The summed E-state index contributed by atoms with van der Waals surface area (Å²) in [6.07, 6.45) is 6.75. The molecule has 0 fully saturated rings. The monoisotopic (exact) mass is 137 g/mol.